The number of aromatic nitrogens is 1. The van der Waals surface area contributed by atoms with Crippen molar-refractivity contribution < 1.29 is 14.0 Å². The third kappa shape index (κ3) is 2.54. The van der Waals surface area contributed by atoms with Crippen LogP contribution in [0.25, 0.3) is 0 Å². The van der Waals surface area contributed by atoms with Gasteiger partial charge in [0.2, 0.25) is 17.7 Å². The third-order valence-corrected chi connectivity index (χ3v) is 4.42. The van der Waals surface area contributed by atoms with Crippen LogP contribution in [-0.2, 0) is 9.59 Å². The minimum Gasteiger partial charge on any atom is -0.444 e. The molecule has 114 valence electrons. The van der Waals surface area contributed by atoms with Crippen molar-refractivity contribution in [1.29, 1.82) is 0 Å². The summed E-state index contributed by atoms with van der Waals surface area (Å²) in [5.41, 5.74) is 0. The Hall–Kier alpha value is -1.85. The zero-order valence-electron chi connectivity index (χ0n) is 12.5. The summed E-state index contributed by atoms with van der Waals surface area (Å²) in [7, 11) is 0. The molecule has 1 aromatic rings. The largest absolute Gasteiger partial charge is 0.444 e. The summed E-state index contributed by atoms with van der Waals surface area (Å²) in [5, 5.41) is 0. The lowest BCUT2D eigenvalue weighted by Gasteiger charge is -2.35. The number of nitrogens with zero attached hydrogens (tertiary/aromatic N) is 3. The first-order valence-electron chi connectivity index (χ1n) is 7.60. The molecule has 0 bridgehead atoms. The minimum atomic E-state index is -0.299. The van der Waals surface area contributed by atoms with Crippen molar-refractivity contribution in [1.82, 2.24) is 14.8 Å². The average molecular weight is 291 g/mol. The molecule has 21 heavy (non-hydrogen) atoms. The molecule has 6 nitrogen and oxygen atoms in total. The van der Waals surface area contributed by atoms with E-state index < -0.39 is 0 Å². The molecule has 0 aliphatic carbocycles. The molecule has 2 aliphatic heterocycles. The van der Waals surface area contributed by atoms with Crippen molar-refractivity contribution in [3.05, 3.63) is 17.8 Å². The lowest BCUT2D eigenvalue weighted by atomic mass is 10.0. The molecule has 2 unspecified atom stereocenters. The lowest BCUT2D eigenvalue weighted by molar-refractivity contribution is -0.144. The Kier molecular flexibility index (Phi) is 3.69. The number of rotatable bonds is 2. The smallest absolute Gasteiger partial charge is 0.246 e. The number of oxazole rings is 1. The van der Waals surface area contributed by atoms with Gasteiger partial charge in [0.15, 0.2) is 0 Å². The Morgan fingerprint density at radius 3 is 2.86 bits per heavy atom. The zero-order chi connectivity index (χ0) is 15.0. The Morgan fingerprint density at radius 2 is 2.14 bits per heavy atom. The predicted octanol–water partition coefficient (Wildman–Crippen LogP) is 1.66. The zero-order valence-corrected chi connectivity index (χ0v) is 12.5. The summed E-state index contributed by atoms with van der Waals surface area (Å²) in [5.74, 6) is 1.39. The van der Waals surface area contributed by atoms with Crippen LogP contribution in [0.3, 0.4) is 0 Å². The maximum absolute atomic E-state index is 12.8. The van der Waals surface area contributed by atoms with Crippen LogP contribution in [0.15, 0.2) is 10.6 Å². The fourth-order valence-corrected chi connectivity index (χ4v) is 3.23. The van der Waals surface area contributed by atoms with E-state index in [9.17, 15) is 9.59 Å². The van der Waals surface area contributed by atoms with Crippen LogP contribution in [0.2, 0.25) is 0 Å². The van der Waals surface area contributed by atoms with Crippen molar-refractivity contribution in [2.75, 3.05) is 13.1 Å². The number of hydrogen-bond acceptors (Lipinski definition) is 4. The molecule has 0 aromatic carbocycles. The number of fused-ring (bicyclic) bond motifs is 1. The van der Waals surface area contributed by atoms with Gasteiger partial charge in [0.25, 0.3) is 0 Å². The Balaban J connectivity index is 1.85. The predicted molar refractivity (Wildman–Crippen MR) is 75.3 cm³/mol. The summed E-state index contributed by atoms with van der Waals surface area (Å²) in [6.07, 6.45) is 4.79. The normalized spacial score (nSPS) is 24.8. The van der Waals surface area contributed by atoms with E-state index >= 15 is 0 Å². The van der Waals surface area contributed by atoms with Gasteiger partial charge >= 0.3 is 0 Å². The second-order valence-corrected chi connectivity index (χ2v) is 5.87. The molecular weight excluding hydrogens is 270 g/mol. The molecule has 6 heteroatoms. The topological polar surface area (TPSA) is 66.7 Å². The molecule has 0 radical (unpaired) electrons. The van der Waals surface area contributed by atoms with Crippen molar-refractivity contribution in [3.8, 4) is 0 Å². The first-order chi connectivity index (χ1) is 10.1. The van der Waals surface area contributed by atoms with E-state index in [2.05, 4.69) is 4.98 Å². The maximum Gasteiger partial charge on any atom is 0.246 e. The highest BCUT2D eigenvalue weighted by molar-refractivity contribution is 5.90. The molecule has 2 amide bonds. The molecule has 3 rings (SSSR count). The standard InChI is InChI=1S/C15H21N3O3/c1-10-9-16-14(21-10)11(2)17-8-6-13(19)18-7-4-3-5-12(18)15(17)20/h9,11-12H,3-8H2,1-2H3. The van der Waals surface area contributed by atoms with E-state index in [1.165, 1.54) is 0 Å². The van der Waals surface area contributed by atoms with E-state index in [0.717, 1.165) is 25.0 Å². The van der Waals surface area contributed by atoms with E-state index in [1.807, 2.05) is 13.8 Å². The number of aryl methyl sites for hydroxylation is 1. The van der Waals surface area contributed by atoms with Gasteiger partial charge in [0.1, 0.15) is 17.8 Å². The van der Waals surface area contributed by atoms with Gasteiger partial charge in [0, 0.05) is 19.5 Å². The van der Waals surface area contributed by atoms with Crippen molar-refractivity contribution >= 4 is 11.8 Å². The highest BCUT2D eigenvalue weighted by Gasteiger charge is 2.40. The Bertz CT molecular complexity index is 554. The highest BCUT2D eigenvalue weighted by atomic mass is 16.4. The number of carbonyl (C=O) groups excluding carboxylic acids is 2. The molecular formula is C15H21N3O3. The van der Waals surface area contributed by atoms with Gasteiger partial charge in [-0.25, -0.2) is 4.98 Å². The summed E-state index contributed by atoms with van der Waals surface area (Å²) in [4.78, 5) is 32.8. The van der Waals surface area contributed by atoms with Gasteiger partial charge in [-0.3, -0.25) is 9.59 Å². The fraction of sp³-hybridized carbons (Fsp3) is 0.667. The van der Waals surface area contributed by atoms with E-state index in [-0.39, 0.29) is 23.9 Å². The first kappa shape index (κ1) is 14.1. The van der Waals surface area contributed by atoms with E-state index in [0.29, 0.717) is 25.4 Å². The molecule has 2 fully saturated rings. The van der Waals surface area contributed by atoms with E-state index in [1.54, 1.807) is 16.0 Å². The molecule has 0 N–H and O–H groups in total. The van der Waals surface area contributed by atoms with Crippen LogP contribution < -0.4 is 0 Å². The number of hydrogen-bond donors (Lipinski definition) is 0. The van der Waals surface area contributed by atoms with Gasteiger partial charge < -0.3 is 14.2 Å². The van der Waals surface area contributed by atoms with Gasteiger partial charge in [-0.2, -0.15) is 0 Å². The SMILES string of the molecule is Cc1cnc(C(C)N2CCC(=O)N3CCCCC3C2=O)o1. The third-order valence-electron chi connectivity index (χ3n) is 4.42. The monoisotopic (exact) mass is 291 g/mol. The van der Waals surface area contributed by atoms with Crippen LogP contribution in [0.1, 0.15) is 50.3 Å². The van der Waals surface area contributed by atoms with E-state index in [4.69, 9.17) is 4.42 Å². The fourth-order valence-electron chi connectivity index (χ4n) is 3.23. The van der Waals surface area contributed by atoms with Crippen LogP contribution in [0, 0.1) is 6.92 Å². The molecule has 2 atom stereocenters. The Morgan fingerprint density at radius 1 is 1.33 bits per heavy atom. The van der Waals surface area contributed by atoms with Gasteiger partial charge in [-0.1, -0.05) is 0 Å². The lowest BCUT2D eigenvalue weighted by Crippen LogP contribution is -2.50. The average Bonchev–Trinajstić information content (AvgIpc) is 2.88. The summed E-state index contributed by atoms with van der Waals surface area (Å²) in [6, 6.07) is -0.534. The quantitative estimate of drug-likeness (QED) is 0.831. The summed E-state index contributed by atoms with van der Waals surface area (Å²) >= 11 is 0. The van der Waals surface area contributed by atoms with Crippen molar-refractivity contribution in [2.45, 2.75) is 51.6 Å². The van der Waals surface area contributed by atoms with Gasteiger partial charge in [0.05, 0.1) is 6.20 Å². The second-order valence-electron chi connectivity index (χ2n) is 5.87. The molecule has 3 heterocycles. The second kappa shape index (κ2) is 5.50. The van der Waals surface area contributed by atoms with Crippen LogP contribution in [0.5, 0.6) is 0 Å². The minimum absolute atomic E-state index is 0.0314. The maximum atomic E-state index is 12.8. The van der Waals surface area contributed by atoms with Crippen LogP contribution in [0.4, 0.5) is 0 Å². The molecule has 2 saturated heterocycles. The highest BCUT2D eigenvalue weighted by Crippen LogP contribution is 2.28. The van der Waals surface area contributed by atoms with Gasteiger partial charge in [-0.15, -0.1) is 0 Å². The molecule has 0 spiro atoms. The van der Waals surface area contributed by atoms with Crippen molar-refractivity contribution in [2.24, 2.45) is 0 Å². The summed E-state index contributed by atoms with van der Waals surface area (Å²) < 4.78 is 5.55. The molecule has 0 saturated carbocycles. The van der Waals surface area contributed by atoms with Gasteiger partial charge in [-0.05, 0) is 33.1 Å². The molecule has 2 aliphatic rings. The van der Waals surface area contributed by atoms with Crippen molar-refractivity contribution in [3.63, 3.8) is 0 Å². The first-order valence-corrected chi connectivity index (χ1v) is 7.60. The van der Waals surface area contributed by atoms with Crippen LogP contribution in [-0.4, -0.2) is 45.7 Å². The number of carbonyl (C=O) groups is 2. The Labute approximate surface area is 124 Å². The number of amides is 2. The summed E-state index contributed by atoms with van der Waals surface area (Å²) in [6.45, 7) is 4.88. The molecule has 1 aromatic heterocycles. The van der Waals surface area contributed by atoms with Crippen LogP contribution >= 0.6 is 0 Å². The number of piperidine rings is 1.